The molecule has 7 heteroatoms. The topological polar surface area (TPSA) is 90.7 Å². The Morgan fingerprint density at radius 3 is 2.61 bits per heavy atom. The van der Waals surface area contributed by atoms with Gasteiger partial charge in [0, 0.05) is 12.0 Å². The maximum atomic E-state index is 12.3. The number of hydrogen-bond acceptors (Lipinski definition) is 4. The number of aromatic nitrogens is 1. The second kappa shape index (κ2) is 6.00. The Bertz CT molecular complexity index is 792. The standard InChI is InChI=1S/C16H13BrN2O4/c17-15-13-10(14(21)12(18-15)16(22)23)6-7-11(20)19(13)8-9-4-2-1-3-5-9/h1-5,21H,6-8H2,(H,22,23). The fourth-order valence-corrected chi connectivity index (χ4v) is 3.30. The first-order chi connectivity index (χ1) is 11.0. The van der Waals surface area contributed by atoms with Crippen molar-refractivity contribution >= 4 is 33.5 Å². The summed E-state index contributed by atoms with van der Waals surface area (Å²) in [5.41, 5.74) is 1.39. The number of carbonyl (C=O) groups excluding carboxylic acids is 1. The molecule has 2 N–H and O–H groups in total. The first-order valence-corrected chi connectivity index (χ1v) is 7.77. The van der Waals surface area contributed by atoms with E-state index in [1.54, 1.807) is 0 Å². The minimum Gasteiger partial charge on any atom is -0.505 e. The Labute approximate surface area is 140 Å². The van der Waals surface area contributed by atoms with E-state index in [0.717, 1.165) is 5.56 Å². The summed E-state index contributed by atoms with van der Waals surface area (Å²) in [5, 5.41) is 19.3. The van der Waals surface area contributed by atoms with Gasteiger partial charge in [0.15, 0.2) is 11.4 Å². The van der Waals surface area contributed by atoms with Gasteiger partial charge in [-0.05, 0) is 27.9 Å². The number of nitrogens with zero attached hydrogens (tertiary/aromatic N) is 2. The van der Waals surface area contributed by atoms with E-state index in [4.69, 9.17) is 5.11 Å². The molecule has 2 heterocycles. The average molecular weight is 377 g/mol. The quantitative estimate of drug-likeness (QED) is 0.803. The van der Waals surface area contributed by atoms with Crippen LogP contribution in [0, 0.1) is 0 Å². The number of hydrogen-bond donors (Lipinski definition) is 2. The van der Waals surface area contributed by atoms with Crippen molar-refractivity contribution in [2.24, 2.45) is 0 Å². The van der Waals surface area contributed by atoms with E-state index in [-0.39, 0.29) is 29.1 Å². The summed E-state index contributed by atoms with van der Waals surface area (Å²) < 4.78 is 0.242. The normalized spacial score (nSPS) is 13.8. The highest BCUT2D eigenvalue weighted by atomic mass is 79.9. The largest absolute Gasteiger partial charge is 0.505 e. The lowest BCUT2D eigenvalue weighted by atomic mass is 10.00. The molecular weight excluding hydrogens is 364 g/mol. The Morgan fingerprint density at radius 2 is 1.96 bits per heavy atom. The second-order valence-electron chi connectivity index (χ2n) is 5.20. The highest BCUT2D eigenvalue weighted by Gasteiger charge is 2.32. The van der Waals surface area contributed by atoms with E-state index in [1.807, 2.05) is 30.3 Å². The number of carboxylic acid groups (broad SMARTS) is 1. The summed E-state index contributed by atoms with van der Waals surface area (Å²) in [7, 11) is 0. The summed E-state index contributed by atoms with van der Waals surface area (Å²) in [6.45, 7) is 0.332. The van der Waals surface area contributed by atoms with Gasteiger partial charge in [-0.15, -0.1) is 0 Å². The maximum absolute atomic E-state index is 12.3. The van der Waals surface area contributed by atoms with Crippen LogP contribution >= 0.6 is 15.9 Å². The molecule has 0 atom stereocenters. The van der Waals surface area contributed by atoms with Gasteiger partial charge in [-0.25, -0.2) is 9.78 Å². The van der Waals surface area contributed by atoms with E-state index in [2.05, 4.69) is 20.9 Å². The van der Waals surface area contributed by atoms with Crippen molar-refractivity contribution in [2.75, 3.05) is 4.90 Å². The number of rotatable bonds is 3. The molecule has 0 saturated heterocycles. The molecule has 0 saturated carbocycles. The Kier molecular flexibility index (Phi) is 4.04. The van der Waals surface area contributed by atoms with Gasteiger partial charge in [0.2, 0.25) is 5.91 Å². The number of aromatic hydroxyl groups is 1. The average Bonchev–Trinajstić information content (AvgIpc) is 2.53. The van der Waals surface area contributed by atoms with Crippen molar-refractivity contribution in [1.82, 2.24) is 4.98 Å². The van der Waals surface area contributed by atoms with E-state index in [9.17, 15) is 14.7 Å². The Hall–Kier alpha value is -2.41. The molecule has 0 bridgehead atoms. The molecule has 0 aliphatic carbocycles. The number of aromatic carboxylic acids is 1. The molecule has 118 valence electrons. The summed E-state index contributed by atoms with van der Waals surface area (Å²) >= 11 is 3.24. The number of carbonyl (C=O) groups is 2. The molecule has 0 fully saturated rings. The number of carboxylic acids is 1. The van der Waals surface area contributed by atoms with Gasteiger partial charge in [-0.1, -0.05) is 30.3 Å². The van der Waals surface area contributed by atoms with Crippen LogP contribution in [0.2, 0.25) is 0 Å². The van der Waals surface area contributed by atoms with E-state index in [0.29, 0.717) is 17.8 Å². The fourth-order valence-electron chi connectivity index (χ4n) is 2.67. The molecule has 6 nitrogen and oxygen atoms in total. The SMILES string of the molecule is O=C(O)c1nc(Br)c2c(c1O)CCC(=O)N2Cc1ccccc1. The van der Waals surface area contributed by atoms with Crippen molar-refractivity contribution in [3.8, 4) is 5.75 Å². The van der Waals surface area contributed by atoms with Gasteiger partial charge in [0.05, 0.1) is 12.2 Å². The lowest BCUT2D eigenvalue weighted by Crippen LogP contribution is -2.35. The first-order valence-electron chi connectivity index (χ1n) is 6.98. The first kappa shape index (κ1) is 15.5. The van der Waals surface area contributed by atoms with Crippen LogP contribution in [0.25, 0.3) is 0 Å². The molecule has 1 aliphatic rings. The zero-order valence-electron chi connectivity index (χ0n) is 12.0. The molecule has 0 radical (unpaired) electrons. The van der Waals surface area contributed by atoms with Crippen molar-refractivity contribution in [3.05, 3.63) is 51.8 Å². The molecule has 1 aromatic carbocycles. The number of pyridine rings is 1. The second-order valence-corrected chi connectivity index (χ2v) is 5.95. The Balaban J connectivity index is 2.10. The van der Waals surface area contributed by atoms with Crippen LogP contribution in [-0.2, 0) is 17.8 Å². The summed E-state index contributed by atoms with van der Waals surface area (Å²) in [5.74, 6) is -1.77. The van der Waals surface area contributed by atoms with Gasteiger partial charge in [0.1, 0.15) is 4.60 Å². The zero-order chi connectivity index (χ0) is 16.6. The smallest absolute Gasteiger partial charge is 0.358 e. The third kappa shape index (κ3) is 2.79. The highest BCUT2D eigenvalue weighted by molar-refractivity contribution is 9.10. The molecule has 23 heavy (non-hydrogen) atoms. The molecule has 0 unspecified atom stereocenters. The summed E-state index contributed by atoms with van der Waals surface area (Å²) in [6.07, 6.45) is 0.496. The number of amides is 1. The van der Waals surface area contributed by atoms with Crippen LogP contribution in [0.5, 0.6) is 5.75 Å². The predicted octanol–water partition coefficient (Wildman–Crippen LogP) is 2.73. The number of fused-ring (bicyclic) bond motifs is 1. The van der Waals surface area contributed by atoms with Crippen LogP contribution < -0.4 is 4.90 Å². The molecule has 1 aliphatic heterocycles. The predicted molar refractivity (Wildman–Crippen MR) is 86.5 cm³/mol. The van der Waals surface area contributed by atoms with Crippen molar-refractivity contribution in [1.29, 1.82) is 0 Å². The number of benzene rings is 1. The van der Waals surface area contributed by atoms with Crippen LogP contribution in [0.3, 0.4) is 0 Å². The molecule has 1 aromatic heterocycles. The van der Waals surface area contributed by atoms with Crippen LogP contribution in [0.15, 0.2) is 34.9 Å². The van der Waals surface area contributed by atoms with Crippen LogP contribution in [-0.4, -0.2) is 27.1 Å². The lowest BCUT2D eigenvalue weighted by Gasteiger charge is -2.30. The van der Waals surface area contributed by atoms with Crippen LogP contribution in [0.1, 0.15) is 28.0 Å². The number of halogens is 1. The molecule has 3 rings (SSSR count). The minimum absolute atomic E-state index is 0.0914. The minimum atomic E-state index is -1.31. The zero-order valence-corrected chi connectivity index (χ0v) is 13.6. The van der Waals surface area contributed by atoms with Gasteiger partial charge < -0.3 is 15.1 Å². The third-order valence-corrected chi connectivity index (χ3v) is 4.30. The van der Waals surface area contributed by atoms with Crippen molar-refractivity contribution in [2.45, 2.75) is 19.4 Å². The fraction of sp³-hybridized carbons (Fsp3) is 0.188. The maximum Gasteiger partial charge on any atom is 0.358 e. The van der Waals surface area contributed by atoms with Gasteiger partial charge in [-0.3, -0.25) is 4.79 Å². The third-order valence-electron chi connectivity index (χ3n) is 3.75. The van der Waals surface area contributed by atoms with Crippen LogP contribution in [0.4, 0.5) is 5.69 Å². The molecule has 2 aromatic rings. The number of anilines is 1. The monoisotopic (exact) mass is 376 g/mol. The summed E-state index contributed by atoms with van der Waals surface area (Å²) in [4.78, 5) is 28.9. The van der Waals surface area contributed by atoms with Crippen molar-refractivity contribution in [3.63, 3.8) is 0 Å². The molecule has 1 amide bonds. The lowest BCUT2D eigenvalue weighted by molar-refractivity contribution is -0.119. The van der Waals surface area contributed by atoms with Gasteiger partial charge in [0.25, 0.3) is 0 Å². The van der Waals surface area contributed by atoms with Gasteiger partial charge in [-0.2, -0.15) is 0 Å². The van der Waals surface area contributed by atoms with Gasteiger partial charge >= 0.3 is 5.97 Å². The van der Waals surface area contributed by atoms with E-state index in [1.165, 1.54) is 4.90 Å². The Morgan fingerprint density at radius 1 is 1.26 bits per heavy atom. The molecule has 0 spiro atoms. The van der Waals surface area contributed by atoms with Crippen molar-refractivity contribution < 1.29 is 19.8 Å². The molecular formula is C16H13BrN2O4. The highest BCUT2D eigenvalue weighted by Crippen LogP contribution is 2.41. The van der Waals surface area contributed by atoms with E-state index < -0.39 is 11.7 Å². The van der Waals surface area contributed by atoms with E-state index >= 15 is 0 Å². The summed E-state index contributed by atoms with van der Waals surface area (Å²) in [6, 6.07) is 9.44.